The standard InChI is InChI=1S/C13H11ClO2/c1-16-13-10(14)7-8-11(15)12(13)9-5-3-2-4-6-9/h2-8,15H,1H3. The van der Waals surface area contributed by atoms with Gasteiger partial charge in [0.25, 0.3) is 0 Å². The third-order valence-electron chi connectivity index (χ3n) is 2.35. The van der Waals surface area contributed by atoms with Gasteiger partial charge in [0, 0.05) is 0 Å². The van der Waals surface area contributed by atoms with Crippen molar-refractivity contribution in [2.24, 2.45) is 0 Å². The zero-order valence-electron chi connectivity index (χ0n) is 8.77. The first-order chi connectivity index (χ1) is 7.74. The zero-order valence-corrected chi connectivity index (χ0v) is 9.53. The lowest BCUT2D eigenvalue weighted by Crippen LogP contribution is -1.89. The van der Waals surface area contributed by atoms with E-state index in [0.717, 1.165) is 5.56 Å². The molecule has 0 saturated carbocycles. The number of hydrogen-bond acceptors (Lipinski definition) is 2. The SMILES string of the molecule is COc1c(Cl)ccc(O)c1-c1ccccc1. The molecule has 0 amide bonds. The fourth-order valence-corrected chi connectivity index (χ4v) is 1.86. The molecule has 82 valence electrons. The average molecular weight is 235 g/mol. The van der Waals surface area contributed by atoms with Gasteiger partial charge in [0.2, 0.25) is 0 Å². The van der Waals surface area contributed by atoms with Crippen molar-refractivity contribution in [2.45, 2.75) is 0 Å². The molecule has 0 aliphatic heterocycles. The van der Waals surface area contributed by atoms with Gasteiger partial charge in [0.1, 0.15) is 11.5 Å². The monoisotopic (exact) mass is 234 g/mol. The van der Waals surface area contributed by atoms with Crippen molar-refractivity contribution in [1.82, 2.24) is 0 Å². The first-order valence-electron chi connectivity index (χ1n) is 4.85. The molecule has 0 aliphatic rings. The van der Waals surface area contributed by atoms with Crippen LogP contribution in [0.4, 0.5) is 0 Å². The molecule has 2 aromatic carbocycles. The highest BCUT2D eigenvalue weighted by molar-refractivity contribution is 6.32. The van der Waals surface area contributed by atoms with Crippen LogP contribution >= 0.6 is 11.6 Å². The number of phenols is 1. The quantitative estimate of drug-likeness (QED) is 0.858. The summed E-state index contributed by atoms with van der Waals surface area (Å²) >= 11 is 6.02. The first-order valence-corrected chi connectivity index (χ1v) is 5.22. The third-order valence-corrected chi connectivity index (χ3v) is 2.65. The van der Waals surface area contributed by atoms with Gasteiger partial charge in [-0.1, -0.05) is 41.9 Å². The van der Waals surface area contributed by atoms with E-state index < -0.39 is 0 Å². The lowest BCUT2D eigenvalue weighted by Gasteiger charge is -2.12. The average Bonchev–Trinajstić information content (AvgIpc) is 2.33. The van der Waals surface area contributed by atoms with Gasteiger partial charge >= 0.3 is 0 Å². The molecule has 0 spiro atoms. The summed E-state index contributed by atoms with van der Waals surface area (Å²) < 4.78 is 5.22. The molecule has 0 saturated heterocycles. The summed E-state index contributed by atoms with van der Waals surface area (Å²) in [6.45, 7) is 0. The minimum Gasteiger partial charge on any atom is -0.507 e. The number of methoxy groups -OCH3 is 1. The third kappa shape index (κ3) is 1.84. The van der Waals surface area contributed by atoms with E-state index in [-0.39, 0.29) is 5.75 Å². The van der Waals surface area contributed by atoms with Crippen LogP contribution in [0.3, 0.4) is 0 Å². The Labute approximate surface area is 99.1 Å². The van der Waals surface area contributed by atoms with Crippen LogP contribution < -0.4 is 4.74 Å². The molecule has 0 atom stereocenters. The van der Waals surface area contributed by atoms with Crippen molar-refractivity contribution in [3.63, 3.8) is 0 Å². The number of phenolic OH excluding ortho intramolecular Hbond substituents is 1. The van der Waals surface area contributed by atoms with Crippen LogP contribution in [0.25, 0.3) is 11.1 Å². The summed E-state index contributed by atoms with van der Waals surface area (Å²) in [4.78, 5) is 0. The van der Waals surface area contributed by atoms with E-state index in [9.17, 15) is 5.11 Å². The van der Waals surface area contributed by atoms with Crippen LogP contribution in [0.1, 0.15) is 0 Å². The molecule has 1 N–H and O–H groups in total. The van der Waals surface area contributed by atoms with Crippen molar-refractivity contribution in [1.29, 1.82) is 0 Å². The van der Waals surface area contributed by atoms with E-state index in [0.29, 0.717) is 16.3 Å². The van der Waals surface area contributed by atoms with Crippen molar-refractivity contribution in [3.8, 4) is 22.6 Å². The minimum absolute atomic E-state index is 0.160. The van der Waals surface area contributed by atoms with E-state index in [4.69, 9.17) is 16.3 Å². The maximum atomic E-state index is 9.86. The van der Waals surface area contributed by atoms with Gasteiger partial charge in [-0.25, -0.2) is 0 Å². The molecular weight excluding hydrogens is 224 g/mol. The van der Waals surface area contributed by atoms with Gasteiger partial charge in [-0.05, 0) is 17.7 Å². The maximum absolute atomic E-state index is 9.86. The van der Waals surface area contributed by atoms with E-state index in [1.807, 2.05) is 30.3 Å². The number of benzene rings is 2. The Balaban J connectivity index is 2.68. The molecule has 0 aliphatic carbocycles. The predicted octanol–water partition coefficient (Wildman–Crippen LogP) is 3.72. The van der Waals surface area contributed by atoms with Gasteiger partial charge in [0.15, 0.2) is 0 Å². The highest BCUT2D eigenvalue weighted by atomic mass is 35.5. The number of halogens is 1. The van der Waals surface area contributed by atoms with Gasteiger partial charge in [-0.15, -0.1) is 0 Å². The summed E-state index contributed by atoms with van der Waals surface area (Å²) in [5.74, 6) is 0.653. The minimum atomic E-state index is 0.160. The molecule has 2 aromatic rings. The Morgan fingerprint density at radius 1 is 1.06 bits per heavy atom. The molecule has 0 radical (unpaired) electrons. The summed E-state index contributed by atoms with van der Waals surface area (Å²) in [7, 11) is 1.53. The molecule has 0 unspecified atom stereocenters. The molecule has 0 fully saturated rings. The fourth-order valence-electron chi connectivity index (χ4n) is 1.63. The molecule has 0 aromatic heterocycles. The van der Waals surface area contributed by atoms with E-state index in [1.54, 1.807) is 12.1 Å². The Morgan fingerprint density at radius 2 is 1.75 bits per heavy atom. The van der Waals surface area contributed by atoms with Crippen LogP contribution in [0.5, 0.6) is 11.5 Å². The topological polar surface area (TPSA) is 29.5 Å². The Kier molecular flexibility index (Phi) is 3.02. The Bertz CT molecular complexity index is 495. The van der Waals surface area contributed by atoms with Gasteiger partial charge in [0.05, 0.1) is 17.7 Å². The second-order valence-corrected chi connectivity index (χ2v) is 3.75. The van der Waals surface area contributed by atoms with E-state index in [2.05, 4.69) is 0 Å². The molecular formula is C13H11ClO2. The fraction of sp³-hybridized carbons (Fsp3) is 0.0769. The Morgan fingerprint density at radius 3 is 2.38 bits per heavy atom. The Hall–Kier alpha value is -1.67. The maximum Gasteiger partial charge on any atom is 0.148 e. The first kappa shape index (κ1) is 10.8. The van der Waals surface area contributed by atoms with E-state index in [1.165, 1.54) is 7.11 Å². The van der Waals surface area contributed by atoms with Crippen LogP contribution in [0.15, 0.2) is 42.5 Å². The highest BCUT2D eigenvalue weighted by Gasteiger charge is 2.14. The van der Waals surface area contributed by atoms with E-state index >= 15 is 0 Å². The van der Waals surface area contributed by atoms with Crippen molar-refractivity contribution in [2.75, 3.05) is 7.11 Å². The molecule has 0 bridgehead atoms. The smallest absolute Gasteiger partial charge is 0.148 e. The lowest BCUT2D eigenvalue weighted by molar-refractivity contribution is 0.410. The largest absolute Gasteiger partial charge is 0.507 e. The van der Waals surface area contributed by atoms with Crippen molar-refractivity contribution >= 4 is 11.6 Å². The molecule has 3 heteroatoms. The molecule has 16 heavy (non-hydrogen) atoms. The normalized spacial score (nSPS) is 10.1. The molecule has 2 nitrogen and oxygen atoms in total. The van der Waals surface area contributed by atoms with Crippen LogP contribution in [0, 0.1) is 0 Å². The highest BCUT2D eigenvalue weighted by Crippen LogP contribution is 2.42. The number of rotatable bonds is 2. The zero-order chi connectivity index (χ0) is 11.5. The van der Waals surface area contributed by atoms with Crippen LogP contribution in [-0.2, 0) is 0 Å². The van der Waals surface area contributed by atoms with Gasteiger partial charge in [-0.3, -0.25) is 0 Å². The second-order valence-electron chi connectivity index (χ2n) is 3.34. The summed E-state index contributed by atoms with van der Waals surface area (Å²) in [5.41, 5.74) is 1.50. The van der Waals surface area contributed by atoms with Crippen LogP contribution in [-0.4, -0.2) is 12.2 Å². The summed E-state index contributed by atoms with van der Waals surface area (Å²) in [6.07, 6.45) is 0. The van der Waals surface area contributed by atoms with Gasteiger partial charge in [-0.2, -0.15) is 0 Å². The number of hydrogen-bond donors (Lipinski definition) is 1. The van der Waals surface area contributed by atoms with Gasteiger partial charge < -0.3 is 9.84 Å². The lowest BCUT2D eigenvalue weighted by atomic mass is 10.0. The van der Waals surface area contributed by atoms with Crippen molar-refractivity contribution < 1.29 is 9.84 Å². The predicted molar refractivity (Wildman–Crippen MR) is 65.1 cm³/mol. The second kappa shape index (κ2) is 4.45. The molecule has 2 rings (SSSR count). The van der Waals surface area contributed by atoms with Crippen LogP contribution in [0.2, 0.25) is 5.02 Å². The summed E-state index contributed by atoms with van der Waals surface area (Å²) in [6, 6.07) is 12.7. The number of aromatic hydroxyl groups is 1. The molecule has 0 heterocycles. The summed E-state index contributed by atoms with van der Waals surface area (Å²) in [5, 5.41) is 10.3. The number of ether oxygens (including phenoxy) is 1. The van der Waals surface area contributed by atoms with Crippen molar-refractivity contribution in [3.05, 3.63) is 47.5 Å².